The largest absolute Gasteiger partial charge is 0.497 e. The minimum Gasteiger partial charge on any atom is -0.497 e. The first-order valence-corrected chi connectivity index (χ1v) is 12.5. The predicted octanol–water partition coefficient (Wildman–Crippen LogP) is 5.02. The van der Waals surface area contributed by atoms with Gasteiger partial charge in [0.1, 0.15) is 17.3 Å². The Balaban J connectivity index is 1.49. The van der Waals surface area contributed by atoms with Crippen LogP contribution in [0.5, 0.6) is 11.5 Å². The summed E-state index contributed by atoms with van der Waals surface area (Å²) in [6, 6.07) is 15.8. The van der Waals surface area contributed by atoms with Crippen molar-refractivity contribution in [2.45, 2.75) is 4.90 Å². The highest BCUT2D eigenvalue weighted by atomic mass is 32.2. The lowest BCUT2D eigenvalue weighted by Crippen LogP contribution is -2.15. The van der Waals surface area contributed by atoms with Crippen molar-refractivity contribution in [2.24, 2.45) is 0 Å². The molecule has 1 heterocycles. The molecule has 0 aliphatic rings. The number of amides is 1. The number of thiazole rings is 1. The number of hydrogen-bond donors (Lipinski definition) is 2. The molecule has 0 saturated heterocycles. The number of anilines is 2. The molecular formula is C24H20FN3O5S2. The Kier molecular flexibility index (Phi) is 6.99. The standard InChI is InChI=1S/C24H20FN3O5S2/c1-32-18-8-11-20(22(13-18)33-2)21-14-34-24(26-21)27-23(29)15-4-3-5-17(12-15)28-35(30,31)19-9-6-16(25)7-10-19/h3-14,28H,1-2H3,(H,26,27,29). The van der Waals surface area contributed by atoms with Crippen molar-refractivity contribution in [3.63, 3.8) is 0 Å². The highest BCUT2D eigenvalue weighted by molar-refractivity contribution is 7.92. The molecule has 1 aromatic heterocycles. The molecule has 0 aliphatic heterocycles. The number of benzene rings is 3. The van der Waals surface area contributed by atoms with Gasteiger partial charge in [-0.1, -0.05) is 6.07 Å². The second kappa shape index (κ2) is 10.1. The van der Waals surface area contributed by atoms with Crippen molar-refractivity contribution in [1.29, 1.82) is 0 Å². The van der Waals surface area contributed by atoms with Crippen LogP contribution in [0.3, 0.4) is 0 Å². The summed E-state index contributed by atoms with van der Waals surface area (Å²) >= 11 is 1.24. The molecule has 3 aromatic carbocycles. The number of halogens is 1. The Hall–Kier alpha value is -3.96. The summed E-state index contributed by atoms with van der Waals surface area (Å²) in [7, 11) is -0.841. The van der Waals surface area contributed by atoms with E-state index in [0.29, 0.717) is 22.3 Å². The first-order valence-electron chi connectivity index (χ1n) is 10.2. The molecule has 1 amide bonds. The van der Waals surface area contributed by atoms with Crippen molar-refractivity contribution < 1.29 is 27.1 Å². The first-order chi connectivity index (χ1) is 16.8. The molecule has 4 rings (SSSR count). The second-order valence-corrected chi connectivity index (χ2v) is 9.74. The van der Waals surface area contributed by atoms with Crippen LogP contribution < -0.4 is 19.5 Å². The van der Waals surface area contributed by atoms with E-state index in [0.717, 1.165) is 29.8 Å². The molecule has 4 aromatic rings. The summed E-state index contributed by atoms with van der Waals surface area (Å²) in [6.45, 7) is 0. The summed E-state index contributed by atoms with van der Waals surface area (Å²) in [5.41, 5.74) is 1.76. The van der Waals surface area contributed by atoms with Gasteiger partial charge in [0.25, 0.3) is 15.9 Å². The molecule has 0 saturated carbocycles. The van der Waals surface area contributed by atoms with Gasteiger partial charge >= 0.3 is 0 Å². The van der Waals surface area contributed by atoms with E-state index in [4.69, 9.17) is 9.47 Å². The van der Waals surface area contributed by atoms with E-state index in [-0.39, 0.29) is 16.1 Å². The average molecular weight is 514 g/mol. The fourth-order valence-electron chi connectivity index (χ4n) is 3.19. The van der Waals surface area contributed by atoms with Crippen LogP contribution in [0, 0.1) is 5.82 Å². The van der Waals surface area contributed by atoms with Crippen LogP contribution in [0.25, 0.3) is 11.3 Å². The van der Waals surface area contributed by atoms with Crippen LogP contribution in [0.1, 0.15) is 10.4 Å². The average Bonchev–Trinajstić information content (AvgIpc) is 3.32. The number of carbonyl (C=O) groups is 1. The Labute approximate surface area is 205 Å². The molecule has 0 atom stereocenters. The van der Waals surface area contributed by atoms with Crippen LogP contribution in [-0.4, -0.2) is 33.5 Å². The second-order valence-electron chi connectivity index (χ2n) is 7.20. The summed E-state index contributed by atoms with van der Waals surface area (Å²) in [5, 5.41) is 4.87. The zero-order valence-corrected chi connectivity index (χ0v) is 20.2. The van der Waals surface area contributed by atoms with Gasteiger partial charge in [-0.2, -0.15) is 0 Å². The molecule has 0 aliphatic carbocycles. The molecule has 35 heavy (non-hydrogen) atoms. The van der Waals surface area contributed by atoms with Gasteiger partial charge in [0.15, 0.2) is 5.13 Å². The van der Waals surface area contributed by atoms with E-state index in [1.54, 1.807) is 43.9 Å². The van der Waals surface area contributed by atoms with E-state index in [1.165, 1.54) is 23.5 Å². The number of nitrogens with zero attached hydrogens (tertiary/aromatic N) is 1. The maximum absolute atomic E-state index is 13.1. The SMILES string of the molecule is COc1ccc(-c2csc(NC(=O)c3cccc(NS(=O)(=O)c4ccc(F)cc4)c3)n2)c(OC)c1. The van der Waals surface area contributed by atoms with Gasteiger partial charge in [0.05, 0.1) is 24.8 Å². The van der Waals surface area contributed by atoms with Gasteiger partial charge in [-0.15, -0.1) is 11.3 Å². The molecular weight excluding hydrogens is 493 g/mol. The molecule has 11 heteroatoms. The molecule has 180 valence electrons. The molecule has 8 nitrogen and oxygen atoms in total. The lowest BCUT2D eigenvalue weighted by molar-refractivity contribution is 0.102. The minimum atomic E-state index is -3.95. The van der Waals surface area contributed by atoms with Gasteiger partial charge in [0.2, 0.25) is 0 Å². The summed E-state index contributed by atoms with van der Waals surface area (Å²) in [4.78, 5) is 17.2. The van der Waals surface area contributed by atoms with Crippen molar-refractivity contribution in [3.05, 3.63) is 83.5 Å². The third-order valence-corrected chi connectivity index (χ3v) is 7.07. The van der Waals surface area contributed by atoms with Gasteiger partial charge in [-0.3, -0.25) is 14.8 Å². The normalized spacial score (nSPS) is 11.1. The van der Waals surface area contributed by atoms with Crippen LogP contribution in [-0.2, 0) is 10.0 Å². The van der Waals surface area contributed by atoms with Crippen molar-refractivity contribution in [3.8, 4) is 22.8 Å². The molecule has 0 spiro atoms. The fourth-order valence-corrected chi connectivity index (χ4v) is 4.94. The maximum atomic E-state index is 13.1. The predicted molar refractivity (Wildman–Crippen MR) is 132 cm³/mol. The maximum Gasteiger partial charge on any atom is 0.261 e. The van der Waals surface area contributed by atoms with Crippen LogP contribution in [0.4, 0.5) is 15.2 Å². The van der Waals surface area contributed by atoms with Crippen LogP contribution in [0.2, 0.25) is 0 Å². The Bertz CT molecular complexity index is 1470. The number of rotatable bonds is 8. The molecule has 0 bridgehead atoms. The number of aromatic nitrogens is 1. The Morgan fingerprint density at radius 1 is 1.00 bits per heavy atom. The Morgan fingerprint density at radius 2 is 1.77 bits per heavy atom. The van der Waals surface area contributed by atoms with Crippen molar-refractivity contribution >= 4 is 38.1 Å². The highest BCUT2D eigenvalue weighted by Gasteiger charge is 2.17. The van der Waals surface area contributed by atoms with Crippen LogP contribution >= 0.6 is 11.3 Å². The monoisotopic (exact) mass is 513 g/mol. The van der Waals surface area contributed by atoms with Gasteiger partial charge in [-0.25, -0.2) is 17.8 Å². The number of hydrogen-bond acceptors (Lipinski definition) is 7. The van der Waals surface area contributed by atoms with Crippen LogP contribution in [0.15, 0.2) is 77.0 Å². The van der Waals surface area contributed by atoms with Gasteiger partial charge < -0.3 is 9.47 Å². The lowest BCUT2D eigenvalue weighted by Gasteiger charge is -2.10. The molecule has 2 N–H and O–H groups in total. The quantitative estimate of drug-likeness (QED) is 0.343. The number of ether oxygens (including phenoxy) is 2. The number of methoxy groups -OCH3 is 2. The van der Waals surface area contributed by atoms with Crippen molar-refractivity contribution in [1.82, 2.24) is 4.98 Å². The van der Waals surface area contributed by atoms with Gasteiger partial charge in [0, 0.05) is 28.3 Å². The zero-order valence-electron chi connectivity index (χ0n) is 18.6. The summed E-state index contributed by atoms with van der Waals surface area (Å²) in [5.74, 6) is 0.215. The smallest absolute Gasteiger partial charge is 0.261 e. The number of sulfonamides is 1. The van der Waals surface area contributed by atoms with E-state index in [1.807, 2.05) is 6.07 Å². The summed E-state index contributed by atoms with van der Waals surface area (Å²) in [6.07, 6.45) is 0. The molecule has 0 radical (unpaired) electrons. The van der Waals surface area contributed by atoms with E-state index < -0.39 is 21.7 Å². The van der Waals surface area contributed by atoms with E-state index in [2.05, 4.69) is 15.0 Å². The summed E-state index contributed by atoms with van der Waals surface area (Å²) < 4.78 is 51.2. The zero-order chi connectivity index (χ0) is 25.0. The van der Waals surface area contributed by atoms with Gasteiger partial charge in [-0.05, 0) is 54.6 Å². The topological polar surface area (TPSA) is 107 Å². The van der Waals surface area contributed by atoms with Crippen molar-refractivity contribution in [2.75, 3.05) is 24.3 Å². The molecule has 0 fully saturated rings. The fraction of sp³-hybridized carbons (Fsp3) is 0.0833. The number of nitrogens with one attached hydrogen (secondary N) is 2. The minimum absolute atomic E-state index is 0.0990. The third kappa shape index (κ3) is 5.58. The van der Waals surface area contributed by atoms with E-state index in [9.17, 15) is 17.6 Å². The first kappa shape index (κ1) is 24.2. The number of carbonyl (C=O) groups excluding carboxylic acids is 1. The Morgan fingerprint density at radius 3 is 2.49 bits per heavy atom. The highest BCUT2D eigenvalue weighted by Crippen LogP contribution is 2.35. The third-order valence-electron chi connectivity index (χ3n) is 4.91. The van der Waals surface area contributed by atoms with E-state index >= 15 is 0 Å². The molecule has 0 unspecified atom stereocenters. The lowest BCUT2D eigenvalue weighted by atomic mass is 10.1.